The van der Waals surface area contributed by atoms with Crippen molar-refractivity contribution in [1.29, 1.82) is 0 Å². The van der Waals surface area contributed by atoms with Crippen LogP contribution in [-0.2, 0) is 11.3 Å². The van der Waals surface area contributed by atoms with Crippen LogP contribution in [0.3, 0.4) is 0 Å². The van der Waals surface area contributed by atoms with E-state index in [1.54, 1.807) is 27.4 Å². The Labute approximate surface area is 189 Å². The maximum Gasteiger partial charge on any atom is 0.265 e. The smallest absolute Gasteiger partial charge is 0.265 e. The van der Waals surface area contributed by atoms with Gasteiger partial charge in [-0.2, -0.15) is 5.10 Å². The lowest BCUT2D eigenvalue weighted by atomic mass is 10.1. The van der Waals surface area contributed by atoms with E-state index in [1.807, 2.05) is 61.5 Å². The van der Waals surface area contributed by atoms with Crippen LogP contribution in [0.5, 0.6) is 0 Å². The summed E-state index contributed by atoms with van der Waals surface area (Å²) in [7, 11) is 1.80. The maximum absolute atomic E-state index is 13.3. The van der Waals surface area contributed by atoms with Crippen molar-refractivity contribution in [2.75, 3.05) is 12.8 Å². The predicted octanol–water partition coefficient (Wildman–Crippen LogP) is 3.59. The Hall–Kier alpha value is -3.39. The fourth-order valence-electron chi connectivity index (χ4n) is 4.03. The van der Waals surface area contributed by atoms with Crippen LogP contribution >= 0.6 is 11.8 Å². The fourth-order valence-corrected chi connectivity index (χ4v) is 5.16. The van der Waals surface area contributed by atoms with Gasteiger partial charge < -0.3 is 4.90 Å². The minimum atomic E-state index is -0.215. The molecule has 2 aromatic carbocycles. The van der Waals surface area contributed by atoms with Crippen LogP contribution in [0.15, 0.2) is 70.7 Å². The quantitative estimate of drug-likeness (QED) is 0.439. The minimum absolute atomic E-state index is 0.00903. The lowest BCUT2D eigenvalue weighted by molar-refractivity contribution is -0.131. The zero-order valence-electron chi connectivity index (χ0n) is 17.9. The first kappa shape index (κ1) is 20.5. The van der Waals surface area contributed by atoms with Crippen LogP contribution in [-0.4, -0.2) is 42.9 Å². The molecule has 162 valence electrons. The molecule has 1 atom stereocenters. The highest BCUT2D eigenvalue weighted by molar-refractivity contribution is 7.99. The second-order valence-electron chi connectivity index (χ2n) is 8.11. The molecule has 1 aliphatic heterocycles. The summed E-state index contributed by atoms with van der Waals surface area (Å²) in [5.74, 6) is 0.659. The SMILES string of the molecule is Cc1cccc(-n2ncc3c(=O)n4c(nc32)SCC4CC(=O)N(C)Cc2ccccc2)c1. The molecule has 0 fully saturated rings. The van der Waals surface area contributed by atoms with E-state index in [-0.39, 0.29) is 23.9 Å². The Balaban J connectivity index is 1.42. The number of nitrogens with zero attached hydrogens (tertiary/aromatic N) is 5. The number of rotatable bonds is 5. The van der Waals surface area contributed by atoms with Gasteiger partial charge in [-0.3, -0.25) is 14.2 Å². The number of hydrogen-bond donors (Lipinski definition) is 0. The fraction of sp³-hybridized carbons (Fsp3) is 0.250. The van der Waals surface area contributed by atoms with Crippen molar-refractivity contribution in [3.05, 3.63) is 82.3 Å². The van der Waals surface area contributed by atoms with Crippen molar-refractivity contribution in [3.8, 4) is 5.69 Å². The van der Waals surface area contributed by atoms with Crippen LogP contribution in [0, 0.1) is 6.92 Å². The minimum Gasteiger partial charge on any atom is -0.341 e. The molecule has 7 nitrogen and oxygen atoms in total. The van der Waals surface area contributed by atoms with E-state index in [1.165, 1.54) is 11.8 Å². The van der Waals surface area contributed by atoms with Crippen molar-refractivity contribution >= 4 is 28.7 Å². The van der Waals surface area contributed by atoms with E-state index in [0.717, 1.165) is 16.8 Å². The lowest BCUT2D eigenvalue weighted by Gasteiger charge is -2.20. The first-order chi connectivity index (χ1) is 15.5. The molecule has 4 aromatic rings. The van der Waals surface area contributed by atoms with Gasteiger partial charge in [-0.1, -0.05) is 54.2 Å². The highest BCUT2D eigenvalue weighted by atomic mass is 32.2. The second-order valence-corrected chi connectivity index (χ2v) is 9.09. The third kappa shape index (κ3) is 3.71. The van der Waals surface area contributed by atoms with E-state index >= 15 is 0 Å². The maximum atomic E-state index is 13.3. The molecule has 2 aromatic heterocycles. The van der Waals surface area contributed by atoms with E-state index in [9.17, 15) is 9.59 Å². The Morgan fingerprint density at radius 3 is 2.78 bits per heavy atom. The van der Waals surface area contributed by atoms with Gasteiger partial charge in [0.15, 0.2) is 10.8 Å². The number of aromatic nitrogens is 4. The monoisotopic (exact) mass is 445 g/mol. The molecule has 5 rings (SSSR count). The van der Waals surface area contributed by atoms with Gasteiger partial charge >= 0.3 is 0 Å². The number of fused-ring (bicyclic) bond motifs is 2. The molecular weight excluding hydrogens is 422 g/mol. The van der Waals surface area contributed by atoms with Crippen LogP contribution in [0.4, 0.5) is 0 Å². The number of carbonyl (C=O) groups is 1. The molecule has 0 spiro atoms. The van der Waals surface area contributed by atoms with Gasteiger partial charge in [0, 0.05) is 25.8 Å². The van der Waals surface area contributed by atoms with Gasteiger partial charge in [0.1, 0.15) is 5.39 Å². The Morgan fingerprint density at radius 2 is 2.00 bits per heavy atom. The number of amides is 1. The molecule has 0 N–H and O–H groups in total. The van der Waals surface area contributed by atoms with Gasteiger partial charge in [-0.05, 0) is 30.2 Å². The largest absolute Gasteiger partial charge is 0.341 e. The van der Waals surface area contributed by atoms with E-state index in [0.29, 0.717) is 28.5 Å². The van der Waals surface area contributed by atoms with Gasteiger partial charge in [-0.25, -0.2) is 9.67 Å². The Bertz CT molecular complexity index is 1360. The molecule has 0 aliphatic carbocycles. The summed E-state index contributed by atoms with van der Waals surface area (Å²) in [6, 6.07) is 17.6. The van der Waals surface area contributed by atoms with Crippen molar-refractivity contribution in [2.45, 2.75) is 31.1 Å². The van der Waals surface area contributed by atoms with E-state index in [2.05, 4.69) is 5.10 Å². The van der Waals surface area contributed by atoms with Crippen LogP contribution < -0.4 is 5.56 Å². The van der Waals surface area contributed by atoms with Crippen molar-refractivity contribution in [3.63, 3.8) is 0 Å². The van der Waals surface area contributed by atoms with Crippen molar-refractivity contribution in [2.24, 2.45) is 0 Å². The molecule has 1 unspecified atom stereocenters. The van der Waals surface area contributed by atoms with E-state index in [4.69, 9.17) is 4.98 Å². The molecule has 0 bridgehead atoms. The van der Waals surface area contributed by atoms with Gasteiger partial charge in [0.2, 0.25) is 5.91 Å². The van der Waals surface area contributed by atoms with Gasteiger partial charge in [0.25, 0.3) is 5.56 Å². The van der Waals surface area contributed by atoms with Gasteiger partial charge in [-0.15, -0.1) is 0 Å². The third-order valence-corrected chi connectivity index (χ3v) is 6.81. The highest BCUT2D eigenvalue weighted by Crippen LogP contribution is 2.33. The van der Waals surface area contributed by atoms with Crippen LogP contribution in [0.1, 0.15) is 23.6 Å². The number of carbonyl (C=O) groups excluding carboxylic acids is 1. The highest BCUT2D eigenvalue weighted by Gasteiger charge is 2.30. The standard InChI is InChI=1S/C24H23N5O2S/c1-16-7-6-10-18(11-16)29-22-20(13-25-29)23(31)28-19(15-32-24(28)26-22)12-21(30)27(2)14-17-8-4-3-5-9-17/h3-11,13,19H,12,14-15H2,1-2H3. The molecule has 1 amide bonds. The molecule has 1 aliphatic rings. The first-order valence-electron chi connectivity index (χ1n) is 10.5. The number of hydrogen-bond acceptors (Lipinski definition) is 5. The number of benzene rings is 2. The third-order valence-electron chi connectivity index (χ3n) is 5.72. The Morgan fingerprint density at radius 1 is 1.19 bits per heavy atom. The number of thioether (sulfide) groups is 1. The molecule has 32 heavy (non-hydrogen) atoms. The molecule has 3 heterocycles. The van der Waals surface area contributed by atoms with Gasteiger partial charge in [0.05, 0.1) is 17.9 Å². The second kappa shape index (κ2) is 8.27. The first-order valence-corrected chi connectivity index (χ1v) is 11.5. The lowest BCUT2D eigenvalue weighted by Crippen LogP contribution is -2.31. The zero-order chi connectivity index (χ0) is 22.2. The summed E-state index contributed by atoms with van der Waals surface area (Å²) in [6.45, 7) is 2.56. The summed E-state index contributed by atoms with van der Waals surface area (Å²) in [5, 5.41) is 5.53. The summed E-state index contributed by atoms with van der Waals surface area (Å²) < 4.78 is 3.38. The zero-order valence-corrected chi connectivity index (χ0v) is 18.7. The summed E-state index contributed by atoms with van der Waals surface area (Å²) >= 11 is 1.51. The summed E-state index contributed by atoms with van der Waals surface area (Å²) in [6.07, 6.45) is 1.84. The van der Waals surface area contributed by atoms with Crippen LogP contribution in [0.25, 0.3) is 16.7 Å². The predicted molar refractivity (Wildman–Crippen MR) is 125 cm³/mol. The molecular formula is C24H23N5O2S. The number of aryl methyl sites for hydroxylation is 1. The summed E-state index contributed by atoms with van der Waals surface area (Å²) in [5.41, 5.74) is 3.46. The summed E-state index contributed by atoms with van der Waals surface area (Å²) in [4.78, 5) is 32.7. The van der Waals surface area contributed by atoms with Crippen LogP contribution in [0.2, 0.25) is 0 Å². The average Bonchev–Trinajstić information content (AvgIpc) is 3.39. The molecule has 0 saturated heterocycles. The van der Waals surface area contributed by atoms with E-state index < -0.39 is 0 Å². The van der Waals surface area contributed by atoms with Crippen molar-refractivity contribution < 1.29 is 4.79 Å². The molecule has 0 radical (unpaired) electrons. The van der Waals surface area contributed by atoms with Crippen molar-refractivity contribution in [1.82, 2.24) is 24.2 Å². The molecule has 8 heteroatoms. The average molecular weight is 446 g/mol. The Kier molecular flexibility index (Phi) is 5.30. The topological polar surface area (TPSA) is 73.0 Å². The molecule has 0 saturated carbocycles. The normalized spacial score (nSPS) is 15.1.